The standard InChI is InChI=1S/C20H17N5O2/c21-13-16-12-19(25-18(23-16)9-10-22-25)27-17-8-4-5-14(11-17)20(26)24-15-6-2-1-3-7-15/h1-12H,13,21H2,(H,24,26). The number of nitrogens with one attached hydrogen (secondary N) is 1. The second kappa shape index (κ2) is 7.27. The zero-order valence-electron chi connectivity index (χ0n) is 14.4. The fourth-order valence-corrected chi connectivity index (χ4v) is 2.66. The van der Waals surface area contributed by atoms with Crippen molar-refractivity contribution in [3.05, 3.63) is 84.2 Å². The second-order valence-electron chi connectivity index (χ2n) is 5.84. The number of fused-ring (bicyclic) bond motifs is 1. The van der Waals surface area contributed by atoms with Crippen molar-refractivity contribution in [1.82, 2.24) is 14.6 Å². The summed E-state index contributed by atoms with van der Waals surface area (Å²) in [6, 6.07) is 19.7. The maximum atomic E-state index is 12.5. The topological polar surface area (TPSA) is 94.5 Å². The summed E-state index contributed by atoms with van der Waals surface area (Å²) >= 11 is 0. The Hall–Kier alpha value is -3.71. The number of para-hydroxylation sites is 1. The number of nitrogens with two attached hydrogens (primary N) is 1. The van der Waals surface area contributed by atoms with Gasteiger partial charge in [0, 0.05) is 29.9 Å². The first-order chi connectivity index (χ1) is 13.2. The van der Waals surface area contributed by atoms with Crippen molar-refractivity contribution in [3.63, 3.8) is 0 Å². The van der Waals surface area contributed by atoms with Gasteiger partial charge in [-0.1, -0.05) is 24.3 Å². The fourth-order valence-electron chi connectivity index (χ4n) is 2.66. The molecule has 0 saturated carbocycles. The molecular weight excluding hydrogens is 342 g/mol. The van der Waals surface area contributed by atoms with E-state index in [1.165, 1.54) is 0 Å². The molecule has 7 nitrogen and oxygen atoms in total. The van der Waals surface area contributed by atoms with E-state index >= 15 is 0 Å². The lowest BCUT2D eigenvalue weighted by atomic mass is 10.2. The zero-order chi connectivity index (χ0) is 18.6. The summed E-state index contributed by atoms with van der Waals surface area (Å²) < 4.78 is 7.54. The lowest BCUT2D eigenvalue weighted by molar-refractivity contribution is 0.102. The Kier molecular flexibility index (Phi) is 4.51. The number of carbonyl (C=O) groups is 1. The quantitative estimate of drug-likeness (QED) is 0.570. The van der Waals surface area contributed by atoms with Crippen molar-refractivity contribution in [1.29, 1.82) is 0 Å². The van der Waals surface area contributed by atoms with Crippen LogP contribution in [0, 0.1) is 0 Å². The van der Waals surface area contributed by atoms with Crippen molar-refractivity contribution in [2.45, 2.75) is 6.54 Å². The van der Waals surface area contributed by atoms with Crippen molar-refractivity contribution >= 4 is 17.2 Å². The third-order valence-electron chi connectivity index (χ3n) is 3.94. The first kappa shape index (κ1) is 16.7. The Morgan fingerprint density at radius 2 is 1.93 bits per heavy atom. The van der Waals surface area contributed by atoms with Gasteiger partial charge < -0.3 is 15.8 Å². The van der Waals surface area contributed by atoms with Crippen LogP contribution in [-0.4, -0.2) is 20.5 Å². The van der Waals surface area contributed by atoms with E-state index in [2.05, 4.69) is 15.4 Å². The van der Waals surface area contributed by atoms with E-state index in [0.29, 0.717) is 28.5 Å². The molecular formula is C20H17N5O2. The molecule has 134 valence electrons. The van der Waals surface area contributed by atoms with Crippen LogP contribution < -0.4 is 15.8 Å². The molecule has 4 aromatic rings. The van der Waals surface area contributed by atoms with E-state index in [-0.39, 0.29) is 12.5 Å². The van der Waals surface area contributed by atoms with Crippen LogP contribution in [-0.2, 0) is 6.54 Å². The molecule has 0 unspecified atom stereocenters. The number of carbonyl (C=O) groups excluding carboxylic acids is 1. The van der Waals surface area contributed by atoms with E-state index < -0.39 is 0 Å². The van der Waals surface area contributed by atoms with Gasteiger partial charge in [0.25, 0.3) is 5.91 Å². The highest BCUT2D eigenvalue weighted by Gasteiger charge is 2.11. The summed E-state index contributed by atoms with van der Waals surface area (Å²) in [5.41, 5.74) is 8.26. The Morgan fingerprint density at radius 3 is 2.74 bits per heavy atom. The number of ether oxygens (including phenoxy) is 1. The number of rotatable bonds is 5. The molecule has 0 radical (unpaired) electrons. The summed E-state index contributed by atoms with van der Waals surface area (Å²) in [5, 5.41) is 7.07. The minimum Gasteiger partial charge on any atom is -0.439 e. The van der Waals surface area contributed by atoms with Crippen LogP contribution in [0.5, 0.6) is 11.6 Å². The van der Waals surface area contributed by atoms with Gasteiger partial charge in [-0.25, -0.2) is 4.98 Å². The lowest BCUT2D eigenvalue weighted by Gasteiger charge is -2.10. The van der Waals surface area contributed by atoms with Crippen molar-refractivity contribution in [3.8, 4) is 11.6 Å². The van der Waals surface area contributed by atoms with Crippen LogP contribution in [0.2, 0.25) is 0 Å². The van der Waals surface area contributed by atoms with Crippen LogP contribution >= 0.6 is 0 Å². The molecule has 4 rings (SSSR count). The van der Waals surface area contributed by atoms with Gasteiger partial charge in [-0.2, -0.15) is 9.61 Å². The molecule has 0 aliphatic heterocycles. The van der Waals surface area contributed by atoms with Crippen molar-refractivity contribution in [2.24, 2.45) is 5.73 Å². The van der Waals surface area contributed by atoms with Crippen LogP contribution in [0.1, 0.15) is 16.1 Å². The van der Waals surface area contributed by atoms with Crippen molar-refractivity contribution in [2.75, 3.05) is 5.32 Å². The maximum Gasteiger partial charge on any atom is 0.255 e. The van der Waals surface area contributed by atoms with Gasteiger partial charge in [0.05, 0.1) is 11.9 Å². The van der Waals surface area contributed by atoms with Gasteiger partial charge in [0.15, 0.2) is 5.65 Å². The molecule has 0 spiro atoms. The monoisotopic (exact) mass is 359 g/mol. The Balaban J connectivity index is 1.60. The van der Waals surface area contributed by atoms with E-state index in [1.54, 1.807) is 47.1 Å². The number of hydrogen-bond acceptors (Lipinski definition) is 5. The number of amides is 1. The smallest absolute Gasteiger partial charge is 0.255 e. The van der Waals surface area contributed by atoms with E-state index in [1.807, 2.05) is 30.3 Å². The molecule has 0 fully saturated rings. The van der Waals surface area contributed by atoms with Crippen LogP contribution in [0.15, 0.2) is 72.9 Å². The summed E-state index contributed by atoms with van der Waals surface area (Å²) in [6.07, 6.45) is 1.64. The molecule has 0 aliphatic rings. The van der Waals surface area contributed by atoms with E-state index in [0.717, 1.165) is 5.69 Å². The Bertz CT molecular complexity index is 1090. The fraction of sp³-hybridized carbons (Fsp3) is 0.0500. The molecule has 2 heterocycles. The number of aromatic nitrogens is 3. The van der Waals surface area contributed by atoms with Crippen LogP contribution in [0.25, 0.3) is 5.65 Å². The SMILES string of the molecule is NCc1cc(Oc2cccc(C(=O)Nc3ccccc3)c2)n2nccc2n1. The average Bonchev–Trinajstić information content (AvgIpc) is 3.18. The third-order valence-corrected chi connectivity index (χ3v) is 3.94. The van der Waals surface area contributed by atoms with Gasteiger partial charge >= 0.3 is 0 Å². The molecule has 0 atom stereocenters. The van der Waals surface area contributed by atoms with Gasteiger partial charge in [0.1, 0.15) is 5.75 Å². The first-order valence-electron chi connectivity index (χ1n) is 8.41. The van der Waals surface area contributed by atoms with Gasteiger partial charge in [-0.15, -0.1) is 0 Å². The van der Waals surface area contributed by atoms with E-state index in [9.17, 15) is 4.79 Å². The summed E-state index contributed by atoms with van der Waals surface area (Å²) in [4.78, 5) is 16.9. The van der Waals surface area contributed by atoms with Crippen molar-refractivity contribution < 1.29 is 9.53 Å². The van der Waals surface area contributed by atoms with Gasteiger partial charge in [-0.3, -0.25) is 4.79 Å². The Morgan fingerprint density at radius 1 is 1.07 bits per heavy atom. The molecule has 3 N–H and O–H groups in total. The van der Waals surface area contributed by atoms with E-state index in [4.69, 9.17) is 10.5 Å². The maximum absolute atomic E-state index is 12.5. The molecule has 1 amide bonds. The largest absolute Gasteiger partial charge is 0.439 e. The average molecular weight is 359 g/mol. The highest BCUT2D eigenvalue weighted by Crippen LogP contribution is 2.24. The molecule has 0 saturated heterocycles. The number of anilines is 1. The number of hydrogen-bond donors (Lipinski definition) is 2. The predicted molar refractivity (Wildman–Crippen MR) is 102 cm³/mol. The molecule has 7 heteroatoms. The summed E-state index contributed by atoms with van der Waals surface area (Å²) in [6.45, 7) is 0.289. The molecule has 27 heavy (non-hydrogen) atoms. The highest BCUT2D eigenvalue weighted by molar-refractivity contribution is 6.04. The summed E-state index contributed by atoms with van der Waals surface area (Å²) in [7, 11) is 0. The normalized spacial score (nSPS) is 10.7. The Labute approximate surface area is 155 Å². The first-order valence-corrected chi connectivity index (χ1v) is 8.41. The molecule has 0 bridgehead atoms. The zero-order valence-corrected chi connectivity index (χ0v) is 14.4. The second-order valence-corrected chi connectivity index (χ2v) is 5.84. The number of benzene rings is 2. The van der Waals surface area contributed by atoms with Gasteiger partial charge in [0.2, 0.25) is 5.88 Å². The highest BCUT2D eigenvalue weighted by atomic mass is 16.5. The molecule has 2 aromatic heterocycles. The van der Waals surface area contributed by atoms with Gasteiger partial charge in [-0.05, 0) is 30.3 Å². The molecule has 2 aromatic carbocycles. The third kappa shape index (κ3) is 3.63. The molecule has 0 aliphatic carbocycles. The summed E-state index contributed by atoms with van der Waals surface area (Å²) in [5.74, 6) is 0.779. The predicted octanol–water partition coefficient (Wildman–Crippen LogP) is 3.23. The minimum atomic E-state index is -0.215. The lowest BCUT2D eigenvalue weighted by Crippen LogP contribution is -2.11. The minimum absolute atomic E-state index is 0.215. The number of nitrogens with zero attached hydrogens (tertiary/aromatic N) is 3. The van der Waals surface area contributed by atoms with Crippen LogP contribution in [0.3, 0.4) is 0 Å². The van der Waals surface area contributed by atoms with Crippen LogP contribution in [0.4, 0.5) is 5.69 Å².